The van der Waals surface area contributed by atoms with Gasteiger partial charge in [-0.2, -0.15) is 0 Å². The quantitative estimate of drug-likeness (QED) is 0.781. The fraction of sp³-hybridized carbons (Fsp3) is 0.556. The molecule has 5 nitrogen and oxygen atoms in total. The Morgan fingerprint density at radius 1 is 1.32 bits per heavy atom. The monoisotopic (exact) mass is 368 g/mol. The van der Waals surface area contributed by atoms with Crippen LogP contribution in [0, 0.1) is 17.7 Å². The summed E-state index contributed by atoms with van der Waals surface area (Å²) in [6, 6.07) is 4.22. The summed E-state index contributed by atoms with van der Waals surface area (Å²) < 4.78 is 14.1. The predicted molar refractivity (Wildman–Crippen MR) is 97.5 cm³/mol. The van der Waals surface area contributed by atoms with E-state index in [-0.39, 0.29) is 23.0 Å². The maximum absolute atomic E-state index is 14.2. The van der Waals surface area contributed by atoms with Crippen molar-refractivity contribution in [3.05, 3.63) is 24.0 Å². The van der Waals surface area contributed by atoms with Crippen LogP contribution in [0.4, 0.5) is 14.9 Å². The van der Waals surface area contributed by atoms with E-state index in [4.69, 9.17) is 0 Å². The molecule has 1 saturated heterocycles. The third-order valence-electron chi connectivity index (χ3n) is 3.90. The predicted octanol–water partition coefficient (Wildman–Crippen LogP) is 4.29. The first-order valence-electron chi connectivity index (χ1n) is 8.32. The molecule has 1 heterocycles. The maximum atomic E-state index is 14.2. The van der Waals surface area contributed by atoms with Gasteiger partial charge in [0.05, 0.1) is 5.92 Å². The van der Waals surface area contributed by atoms with Gasteiger partial charge in [-0.1, -0.05) is 27.7 Å². The number of carboxylic acid groups (broad SMARTS) is 1. The van der Waals surface area contributed by atoms with Crippen molar-refractivity contribution in [1.82, 2.24) is 4.90 Å². The SMILES string of the molecule is CC1CC(C(=O)O)CN(C(=O)Nc2ccc(SC(C)(C)C)c(F)c2)C1. The number of nitrogens with zero attached hydrogens (tertiary/aromatic N) is 1. The smallest absolute Gasteiger partial charge is 0.321 e. The zero-order valence-corrected chi connectivity index (χ0v) is 15.8. The van der Waals surface area contributed by atoms with E-state index in [1.807, 2.05) is 27.7 Å². The summed E-state index contributed by atoms with van der Waals surface area (Å²) in [5.41, 5.74) is 0.367. The number of rotatable bonds is 3. The molecule has 2 rings (SSSR count). The van der Waals surface area contributed by atoms with Crippen LogP contribution in [0.25, 0.3) is 0 Å². The van der Waals surface area contributed by atoms with Gasteiger partial charge in [0.2, 0.25) is 0 Å². The van der Waals surface area contributed by atoms with Crippen LogP contribution in [0.3, 0.4) is 0 Å². The fourth-order valence-corrected chi connectivity index (χ4v) is 3.84. The first-order valence-corrected chi connectivity index (χ1v) is 9.14. The number of urea groups is 1. The standard InChI is InChI=1S/C18H25FN2O3S/c1-11-7-12(16(22)23)10-21(9-11)17(24)20-13-5-6-15(14(19)8-13)25-18(2,3)4/h5-6,8,11-12H,7,9-10H2,1-4H3,(H,20,24)(H,22,23). The molecule has 1 aliphatic heterocycles. The lowest BCUT2D eigenvalue weighted by Gasteiger charge is -2.34. The van der Waals surface area contributed by atoms with E-state index in [1.165, 1.54) is 22.7 Å². The van der Waals surface area contributed by atoms with Gasteiger partial charge >= 0.3 is 12.0 Å². The van der Waals surface area contributed by atoms with Gasteiger partial charge in [0.25, 0.3) is 0 Å². The Labute approximate surface area is 152 Å². The highest BCUT2D eigenvalue weighted by Gasteiger charge is 2.32. The lowest BCUT2D eigenvalue weighted by molar-refractivity contribution is -0.143. The summed E-state index contributed by atoms with van der Waals surface area (Å²) in [4.78, 5) is 25.6. The topological polar surface area (TPSA) is 69.6 Å². The number of amides is 2. The molecule has 1 aliphatic rings. The summed E-state index contributed by atoms with van der Waals surface area (Å²) in [6.07, 6.45) is 0.562. The molecule has 0 radical (unpaired) electrons. The van der Waals surface area contributed by atoms with Gasteiger partial charge in [0.1, 0.15) is 5.82 Å². The number of anilines is 1. The molecule has 2 N–H and O–H groups in total. The van der Waals surface area contributed by atoms with Gasteiger partial charge < -0.3 is 15.3 Å². The largest absolute Gasteiger partial charge is 0.481 e. The molecule has 1 aromatic rings. The second-order valence-corrected chi connectivity index (χ2v) is 9.44. The fourth-order valence-electron chi connectivity index (χ4n) is 2.89. The Kier molecular flexibility index (Phi) is 5.98. The Bertz CT molecular complexity index is 660. The van der Waals surface area contributed by atoms with E-state index >= 15 is 0 Å². The van der Waals surface area contributed by atoms with E-state index in [0.717, 1.165) is 0 Å². The zero-order valence-electron chi connectivity index (χ0n) is 15.0. The molecular weight excluding hydrogens is 343 g/mol. The number of carbonyl (C=O) groups is 2. The molecule has 2 amide bonds. The minimum Gasteiger partial charge on any atom is -0.481 e. The van der Waals surface area contributed by atoms with Crippen molar-refractivity contribution < 1.29 is 19.1 Å². The molecule has 0 aromatic heterocycles. The van der Waals surface area contributed by atoms with Gasteiger partial charge in [0, 0.05) is 28.4 Å². The molecule has 0 saturated carbocycles. The first kappa shape index (κ1) is 19.6. The summed E-state index contributed by atoms with van der Waals surface area (Å²) in [7, 11) is 0. The Morgan fingerprint density at radius 2 is 2.00 bits per heavy atom. The second-order valence-electron chi connectivity index (χ2n) is 7.57. The molecule has 0 spiro atoms. The number of nitrogens with one attached hydrogen (secondary N) is 1. The van der Waals surface area contributed by atoms with Crippen LogP contribution in [0.15, 0.2) is 23.1 Å². The minimum absolute atomic E-state index is 0.110. The van der Waals surface area contributed by atoms with Crippen molar-refractivity contribution in [3.8, 4) is 0 Å². The van der Waals surface area contributed by atoms with Crippen molar-refractivity contribution >= 4 is 29.4 Å². The number of hydrogen-bond acceptors (Lipinski definition) is 3. The van der Waals surface area contributed by atoms with Crippen LogP contribution in [-0.4, -0.2) is 39.8 Å². The number of aliphatic carboxylic acids is 1. The number of halogens is 1. The molecule has 0 bridgehead atoms. The second kappa shape index (κ2) is 7.64. The van der Waals surface area contributed by atoms with Crippen molar-refractivity contribution in [2.75, 3.05) is 18.4 Å². The molecule has 2 unspecified atom stereocenters. The highest BCUT2D eigenvalue weighted by Crippen LogP contribution is 2.34. The van der Waals surface area contributed by atoms with Crippen molar-refractivity contribution in [2.24, 2.45) is 11.8 Å². The van der Waals surface area contributed by atoms with E-state index in [2.05, 4.69) is 5.32 Å². The highest BCUT2D eigenvalue weighted by molar-refractivity contribution is 8.00. The summed E-state index contributed by atoms with van der Waals surface area (Å²) >= 11 is 1.42. The minimum atomic E-state index is -0.890. The molecule has 0 aliphatic carbocycles. The van der Waals surface area contributed by atoms with E-state index in [0.29, 0.717) is 23.5 Å². The van der Waals surface area contributed by atoms with Crippen molar-refractivity contribution in [2.45, 2.75) is 43.8 Å². The Morgan fingerprint density at radius 3 is 2.56 bits per heavy atom. The van der Waals surface area contributed by atoms with Crippen LogP contribution in [0.5, 0.6) is 0 Å². The average molecular weight is 368 g/mol. The maximum Gasteiger partial charge on any atom is 0.321 e. The number of piperidine rings is 1. The van der Waals surface area contributed by atoms with Crippen LogP contribution < -0.4 is 5.32 Å². The summed E-state index contributed by atoms with van der Waals surface area (Å²) in [5, 5.41) is 11.9. The van der Waals surface area contributed by atoms with Crippen molar-refractivity contribution in [1.29, 1.82) is 0 Å². The molecule has 2 atom stereocenters. The van der Waals surface area contributed by atoms with Gasteiger partial charge in [-0.25, -0.2) is 9.18 Å². The average Bonchev–Trinajstić information content (AvgIpc) is 2.48. The van der Waals surface area contributed by atoms with E-state index in [1.54, 1.807) is 12.1 Å². The Hall–Kier alpha value is -1.76. The third-order valence-corrected chi connectivity index (χ3v) is 5.06. The first-order chi connectivity index (χ1) is 11.5. The lowest BCUT2D eigenvalue weighted by atomic mass is 9.91. The van der Waals surface area contributed by atoms with Gasteiger partial charge in [-0.05, 0) is 30.5 Å². The molecule has 1 aromatic carbocycles. The number of likely N-dealkylation sites (tertiary alicyclic amines) is 1. The molecule has 1 fully saturated rings. The van der Waals surface area contributed by atoms with Gasteiger partial charge in [0.15, 0.2) is 0 Å². The van der Waals surface area contributed by atoms with Crippen molar-refractivity contribution in [3.63, 3.8) is 0 Å². The van der Waals surface area contributed by atoms with Gasteiger partial charge in [-0.3, -0.25) is 4.79 Å². The number of carbonyl (C=O) groups excluding carboxylic acids is 1. The van der Waals surface area contributed by atoms with Crippen LogP contribution >= 0.6 is 11.8 Å². The highest BCUT2D eigenvalue weighted by atomic mass is 32.2. The number of carboxylic acids is 1. The zero-order chi connectivity index (χ0) is 18.8. The summed E-state index contributed by atoms with van der Waals surface area (Å²) in [6.45, 7) is 8.60. The summed E-state index contributed by atoms with van der Waals surface area (Å²) in [5.74, 6) is -1.72. The van der Waals surface area contributed by atoms with Crippen LogP contribution in [0.2, 0.25) is 0 Å². The number of hydrogen-bond donors (Lipinski definition) is 2. The molecule has 25 heavy (non-hydrogen) atoms. The normalized spacial score (nSPS) is 21.1. The van der Waals surface area contributed by atoms with Gasteiger partial charge in [-0.15, -0.1) is 11.8 Å². The molecular formula is C18H25FN2O3S. The van der Waals surface area contributed by atoms with Crippen LogP contribution in [0.1, 0.15) is 34.1 Å². The molecule has 138 valence electrons. The van der Waals surface area contributed by atoms with Crippen LogP contribution in [-0.2, 0) is 4.79 Å². The Balaban J connectivity index is 2.05. The number of thioether (sulfide) groups is 1. The molecule has 7 heteroatoms. The third kappa shape index (κ3) is 5.63. The van der Waals surface area contributed by atoms with E-state index in [9.17, 15) is 19.1 Å². The lowest BCUT2D eigenvalue weighted by Crippen LogP contribution is -2.47. The van der Waals surface area contributed by atoms with E-state index < -0.39 is 17.9 Å². The number of benzene rings is 1.